The molecule has 5 nitrogen and oxygen atoms in total. The molecule has 7 heteroatoms. The summed E-state index contributed by atoms with van der Waals surface area (Å²) in [5.41, 5.74) is 0.777. The third kappa shape index (κ3) is 3.63. The lowest BCUT2D eigenvalue weighted by molar-refractivity contribution is -0.103. The predicted molar refractivity (Wildman–Crippen MR) is 76.5 cm³/mol. The van der Waals surface area contributed by atoms with Crippen LogP contribution in [-0.4, -0.2) is 43.6 Å². The standard InChI is InChI=1S/C14H16F2N4O/c15-11-5-10(6-12(16)7-11)13(9-21)14(8-19-17)20-3-1-18-2-4-20/h5-9,18H,1-4,17H2. The average molecular weight is 294 g/mol. The Balaban J connectivity index is 2.51. The molecule has 1 aromatic rings. The number of hydrogen-bond acceptors (Lipinski definition) is 5. The lowest BCUT2D eigenvalue weighted by Gasteiger charge is -2.30. The van der Waals surface area contributed by atoms with Crippen LogP contribution in [0, 0.1) is 11.6 Å². The van der Waals surface area contributed by atoms with Gasteiger partial charge < -0.3 is 16.1 Å². The Kier molecular flexibility index (Phi) is 4.99. The van der Waals surface area contributed by atoms with Crippen molar-refractivity contribution in [2.75, 3.05) is 26.2 Å². The zero-order valence-corrected chi connectivity index (χ0v) is 11.4. The monoisotopic (exact) mass is 294 g/mol. The summed E-state index contributed by atoms with van der Waals surface area (Å²) in [5.74, 6) is 3.71. The fourth-order valence-electron chi connectivity index (χ4n) is 2.28. The molecule has 0 unspecified atom stereocenters. The average Bonchev–Trinajstić information content (AvgIpc) is 2.47. The van der Waals surface area contributed by atoms with Gasteiger partial charge in [-0.25, -0.2) is 8.78 Å². The summed E-state index contributed by atoms with van der Waals surface area (Å²) in [4.78, 5) is 13.3. The number of hydrogen-bond donors (Lipinski definition) is 2. The number of allylic oxidation sites excluding steroid dienone is 2. The van der Waals surface area contributed by atoms with Gasteiger partial charge in [0.05, 0.1) is 11.9 Å². The molecule has 1 aliphatic rings. The summed E-state index contributed by atoms with van der Waals surface area (Å²) in [7, 11) is 0. The molecule has 2 rings (SSSR count). The van der Waals surface area contributed by atoms with Crippen LogP contribution in [0.5, 0.6) is 0 Å². The van der Waals surface area contributed by atoms with Crippen LogP contribution in [0.25, 0.3) is 5.57 Å². The Bertz CT molecular complexity index is 560. The van der Waals surface area contributed by atoms with E-state index in [1.165, 1.54) is 6.21 Å². The largest absolute Gasteiger partial charge is 0.367 e. The Morgan fingerprint density at radius 2 is 1.86 bits per heavy atom. The van der Waals surface area contributed by atoms with Gasteiger partial charge in [-0.05, 0) is 17.7 Å². The van der Waals surface area contributed by atoms with E-state index in [9.17, 15) is 13.6 Å². The summed E-state index contributed by atoms with van der Waals surface area (Å²) in [6, 6.07) is 2.98. The summed E-state index contributed by atoms with van der Waals surface area (Å²) in [6.45, 7) is 2.78. The molecule has 0 bridgehead atoms. The molecule has 1 saturated heterocycles. The summed E-state index contributed by atoms with van der Waals surface area (Å²) >= 11 is 0. The third-order valence-corrected chi connectivity index (χ3v) is 3.22. The van der Waals surface area contributed by atoms with E-state index in [0.29, 0.717) is 25.1 Å². The predicted octanol–water partition coefficient (Wildman–Crippen LogP) is 0.724. The summed E-state index contributed by atoms with van der Waals surface area (Å²) < 4.78 is 26.7. The molecule has 1 heterocycles. The maximum absolute atomic E-state index is 13.4. The number of piperazine rings is 1. The van der Waals surface area contributed by atoms with Gasteiger partial charge in [-0.3, -0.25) is 4.79 Å². The van der Waals surface area contributed by atoms with Gasteiger partial charge in [-0.1, -0.05) is 0 Å². The van der Waals surface area contributed by atoms with Gasteiger partial charge in [0.1, 0.15) is 11.6 Å². The van der Waals surface area contributed by atoms with Crippen molar-refractivity contribution in [3.8, 4) is 0 Å². The van der Waals surface area contributed by atoms with Gasteiger partial charge in [0, 0.05) is 37.8 Å². The lowest BCUT2D eigenvalue weighted by atomic mass is 10.0. The number of nitrogens with two attached hydrogens (primary N) is 1. The minimum atomic E-state index is -0.742. The molecule has 0 radical (unpaired) electrons. The van der Waals surface area contributed by atoms with E-state index < -0.39 is 11.6 Å². The summed E-state index contributed by atoms with van der Waals surface area (Å²) in [5, 5.41) is 6.64. The van der Waals surface area contributed by atoms with Crippen molar-refractivity contribution < 1.29 is 13.6 Å². The number of aldehydes is 1. The number of nitrogens with zero attached hydrogens (tertiary/aromatic N) is 2. The fourth-order valence-corrected chi connectivity index (χ4v) is 2.28. The zero-order chi connectivity index (χ0) is 15.2. The van der Waals surface area contributed by atoms with Crippen LogP contribution in [0.3, 0.4) is 0 Å². The minimum absolute atomic E-state index is 0.157. The molecule has 112 valence electrons. The molecule has 0 amide bonds. The molecule has 0 aliphatic carbocycles. The van der Waals surface area contributed by atoms with E-state index in [-0.39, 0.29) is 11.1 Å². The maximum Gasteiger partial charge on any atom is 0.152 e. The number of nitrogens with one attached hydrogen (secondary N) is 1. The van der Waals surface area contributed by atoms with Gasteiger partial charge in [0.25, 0.3) is 0 Å². The second-order valence-corrected chi connectivity index (χ2v) is 4.59. The second kappa shape index (κ2) is 6.94. The Morgan fingerprint density at radius 1 is 1.24 bits per heavy atom. The molecular formula is C14H16F2N4O. The van der Waals surface area contributed by atoms with Crippen LogP contribution in [0.2, 0.25) is 0 Å². The molecule has 0 saturated carbocycles. The number of halogens is 2. The van der Waals surface area contributed by atoms with Gasteiger partial charge in [0.2, 0.25) is 0 Å². The number of hydrazone groups is 1. The Morgan fingerprint density at radius 3 is 2.38 bits per heavy atom. The van der Waals surface area contributed by atoms with Crippen molar-refractivity contribution in [3.63, 3.8) is 0 Å². The van der Waals surface area contributed by atoms with E-state index in [1.54, 1.807) is 0 Å². The molecular weight excluding hydrogens is 278 g/mol. The molecule has 0 atom stereocenters. The highest BCUT2D eigenvalue weighted by molar-refractivity contribution is 6.13. The van der Waals surface area contributed by atoms with Crippen LogP contribution >= 0.6 is 0 Å². The van der Waals surface area contributed by atoms with Crippen LogP contribution < -0.4 is 11.2 Å². The van der Waals surface area contributed by atoms with Crippen LogP contribution in [0.1, 0.15) is 5.56 Å². The van der Waals surface area contributed by atoms with Crippen LogP contribution in [-0.2, 0) is 4.79 Å². The van der Waals surface area contributed by atoms with Crippen molar-refractivity contribution >= 4 is 18.1 Å². The topological polar surface area (TPSA) is 70.7 Å². The molecule has 3 N–H and O–H groups in total. The van der Waals surface area contributed by atoms with Crippen LogP contribution in [0.15, 0.2) is 29.0 Å². The van der Waals surface area contributed by atoms with E-state index >= 15 is 0 Å². The highest BCUT2D eigenvalue weighted by Crippen LogP contribution is 2.21. The number of carbonyl (C=O) groups excluding carboxylic acids is 1. The lowest BCUT2D eigenvalue weighted by Crippen LogP contribution is -2.43. The van der Waals surface area contributed by atoms with E-state index in [2.05, 4.69) is 10.4 Å². The van der Waals surface area contributed by atoms with Crippen molar-refractivity contribution in [3.05, 3.63) is 41.1 Å². The first-order valence-corrected chi connectivity index (χ1v) is 6.50. The molecule has 21 heavy (non-hydrogen) atoms. The van der Waals surface area contributed by atoms with Crippen molar-refractivity contribution in [1.29, 1.82) is 0 Å². The second-order valence-electron chi connectivity index (χ2n) is 4.59. The number of rotatable bonds is 4. The Labute approximate surface area is 121 Å². The first-order valence-electron chi connectivity index (χ1n) is 6.50. The first kappa shape index (κ1) is 15.1. The molecule has 0 aromatic heterocycles. The van der Waals surface area contributed by atoms with Crippen molar-refractivity contribution in [2.45, 2.75) is 0 Å². The van der Waals surface area contributed by atoms with Gasteiger partial charge in [-0.2, -0.15) is 5.10 Å². The Hall–Kier alpha value is -2.28. The van der Waals surface area contributed by atoms with E-state index in [1.807, 2.05) is 4.90 Å². The van der Waals surface area contributed by atoms with Gasteiger partial charge in [-0.15, -0.1) is 0 Å². The van der Waals surface area contributed by atoms with Gasteiger partial charge >= 0.3 is 0 Å². The van der Waals surface area contributed by atoms with Crippen molar-refractivity contribution in [2.24, 2.45) is 10.9 Å². The summed E-state index contributed by atoms with van der Waals surface area (Å²) in [6.07, 6.45) is 1.89. The number of carbonyl (C=O) groups is 1. The van der Waals surface area contributed by atoms with Crippen molar-refractivity contribution in [1.82, 2.24) is 10.2 Å². The first-order chi connectivity index (χ1) is 10.2. The van der Waals surface area contributed by atoms with E-state index in [4.69, 9.17) is 5.84 Å². The molecule has 1 aliphatic heterocycles. The quantitative estimate of drug-likeness (QED) is 0.282. The molecule has 1 fully saturated rings. The highest BCUT2D eigenvalue weighted by Gasteiger charge is 2.18. The molecule has 0 spiro atoms. The zero-order valence-electron chi connectivity index (χ0n) is 11.4. The normalized spacial score (nSPS) is 17.0. The smallest absolute Gasteiger partial charge is 0.152 e. The third-order valence-electron chi connectivity index (χ3n) is 3.22. The van der Waals surface area contributed by atoms with Crippen LogP contribution in [0.4, 0.5) is 8.78 Å². The fraction of sp³-hybridized carbons (Fsp3) is 0.286. The number of benzene rings is 1. The highest BCUT2D eigenvalue weighted by atomic mass is 19.1. The molecule has 1 aromatic carbocycles. The maximum atomic E-state index is 13.4. The minimum Gasteiger partial charge on any atom is -0.367 e. The van der Waals surface area contributed by atoms with E-state index in [0.717, 1.165) is 31.3 Å². The van der Waals surface area contributed by atoms with Gasteiger partial charge in [0.15, 0.2) is 6.29 Å². The SMILES string of the molecule is NN=CC(=C(C=O)c1cc(F)cc(F)c1)N1CCNCC1.